The van der Waals surface area contributed by atoms with Crippen molar-refractivity contribution in [3.8, 4) is 11.3 Å². The number of benzene rings is 2. The maximum absolute atomic E-state index is 12.5. The lowest BCUT2D eigenvalue weighted by molar-refractivity contribution is 0.563. The first-order valence-corrected chi connectivity index (χ1v) is 9.08. The van der Waals surface area contributed by atoms with E-state index >= 15 is 0 Å². The molecule has 0 fully saturated rings. The average Bonchev–Trinajstić information content (AvgIpc) is 3.04. The lowest BCUT2D eigenvalue weighted by atomic mass is 10.1. The fraction of sp³-hybridized carbons (Fsp3) is 0.0625. The van der Waals surface area contributed by atoms with E-state index in [4.69, 9.17) is 11.6 Å². The number of para-hydroxylation sites is 1. The second kappa shape index (κ2) is 5.62. The van der Waals surface area contributed by atoms with E-state index in [-0.39, 0.29) is 4.90 Å². The number of nitrogens with one attached hydrogen (secondary N) is 3. The number of aromatic amines is 1. The van der Waals surface area contributed by atoms with E-state index in [0.717, 1.165) is 11.3 Å². The molecule has 24 heavy (non-hydrogen) atoms. The number of halogens is 1. The largest absolute Gasteiger partial charge is 0.364 e. The van der Waals surface area contributed by atoms with Gasteiger partial charge in [-0.2, -0.15) is 9.82 Å². The molecule has 1 atom stereocenters. The summed E-state index contributed by atoms with van der Waals surface area (Å²) in [6.07, 6.45) is 0.993. The Hall–Kier alpha value is -2.35. The van der Waals surface area contributed by atoms with Gasteiger partial charge in [0.05, 0.1) is 17.6 Å². The Labute approximate surface area is 143 Å². The van der Waals surface area contributed by atoms with E-state index in [9.17, 15) is 8.42 Å². The second-order valence-electron chi connectivity index (χ2n) is 5.40. The molecule has 0 bridgehead atoms. The van der Waals surface area contributed by atoms with Crippen LogP contribution in [-0.2, 0) is 10.0 Å². The van der Waals surface area contributed by atoms with Gasteiger partial charge in [-0.3, -0.25) is 5.10 Å². The lowest BCUT2D eigenvalue weighted by Crippen LogP contribution is -2.38. The van der Waals surface area contributed by atoms with Crippen molar-refractivity contribution in [1.29, 1.82) is 0 Å². The molecule has 8 heteroatoms. The van der Waals surface area contributed by atoms with Gasteiger partial charge >= 0.3 is 0 Å². The minimum Gasteiger partial charge on any atom is -0.364 e. The van der Waals surface area contributed by atoms with Crippen molar-refractivity contribution in [2.75, 3.05) is 5.32 Å². The highest BCUT2D eigenvalue weighted by atomic mass is 35.5. The van der Waals surface area contributed by atoms with Crippen LogP contribution in [0.25, 0.3) is 11.3 Å². The van der Waals surface area contributed by atoms with Gasteiger partial charge < -0.3 is 5.32 Å². The molecule has 2 aromatic carbocycles. The summed E-state index contributed by atoms with van der Waals surface area (Å²) in [7, 11) is -3.60. The summed E-state index contributed by atoms with van der Waals surface area (Å²) >= 11 is 5.93. The molecule has 2 heterocycles. The molecule has 0 radical (unpaired) electrons. The molecule has 0 saturated heterocycles. The van der Waals surface area contributed by atoms with Gasteiger partial charge in [0, 0.05) is 16.1 Å². The van der Waals surface area contributed by atoms with Crippen LogP contribution in [0.3, 0.4) is 0 Å². The number of aromatic nitrogens is 2. The molecule has 1 unspecified atom stereocenters. The molecule has 0 amide bonds. The standard InChI is InChI=1S/C16H13ClN4O2S/c17-11-7-5-10(6-8-11)15-12(9-18-20-15)16-19-13-3-1-2-4-14(13)24(22,23)21-16/h1-9,16,19,21H,(H,18,20). The fourth-order valence-electron chi connectivity index (χ4n) is 2.73. The van der Waals surface area contributed by atoms with Crippen molar-refractivity contribution in [3.05, 3.63) is 65.3 Å². The van der Waals surface area contributed by atoms with Crippen LogP contribution < -0.4 is 10.0 Å². The van der Waals surface area contributed by atoms with Gasteiger partial charge in [-0.25, -0.2) is 8.42 Å². The van der Waals surface area contributed by atoms with Crippen molar-refractivity contribution in [3.63, 3.8) is 0 Å². The number of nitrogens with zero attached hydrogens (tertiary/aromatic N) is 1. The van der Waals surface area contributed by atoms with Crippen molar-refractivity contribution >= 4 is 27.3 Å². The van der Waals surface area contributed by atoms with Crippen molar-refractivity contribution in [1.82, 2.24) is 14.9 Å². The molecule has 122 valence electrons. The Morgan fingerprint density at radius 3 is 2.58 bits per heavy atom. The number of hydrogen-bond acceptors (Lipinski definition) is 4. The van der Waals surface area contributed by atoms with Crippen LogP contribution in [-0.4, -0.2) is 18.6 Å². The second-order valence-corrected chi connectivity index (χ2v) is 7.52. The zero-order chi connectivity index (χ0) is 16.7. The number of fused-ring (bicyclic) bond motifs is 1. The van der Waals surface area contributed by atoms with Gasteiger partial charge in [0.1, 0.15) is 11.1 Å². The van der Waals surface area contributed by atoms with Gasteiger partial charge in [0.2, 0.25) is 10.0 Å². The number of anilines is 1. The molecule has 0 spiro atoms. The van der Waals surface area contributed by atoms with Crippen molar-refractivity contribution < 1.29 is 8.42 Å². The van der Waals surface area contributed by atoms with Crippen LogP contribution >= 0.6 is 11.6 Å². The topological polar surface area (TPSA) is 86.9 Å². The average molecular weight is 361 g/mol. The fourth-order valence-corrected chi connectivity index (χ4v) is 4.15. The molecule has 1 aliphatic heterocycles. The highest BCUT2D eigenvalue weighted by molar-refractivity contribution is 7.89. The summed E-state index contributed by atoms with van der Waals surface area (Å²) in [5.41, 5.74) is 2.86. The van der Waals surface area contributed by atoms with Crippen LogP contribution in [0.5, 0.6) is 0 Å². The predicted octanol–water partition coefficient (Wildman–Crippen LogP) is 3.13. The third-order valence-electron chi connectivity index (χ3n) is 3.86. The summed E-state index contributed by atoms with van der Waals surface area (Å²) in [6.45, 7) is 0. The Balaban J connectivity index is 1.77. The lowest BCUT2D eigenvalue weighted by Gasteiger charge is -2.28. The summed E-state index contributed by atoms with van der Waals surface area (Å²) < 4.78 is 27.6. The minimum absolute atomic E-state index is 0.234. The van der Waals surface area contributed by atoms with E-state index in [1.54, 1.807) is 42.6 Å². The Kier molecular flexibility index (Phi) is 3.56. The molecule has 0 aliphatic carbocycles. The van der Waals surface area contributed by atoms with Crippen molar-refractivity contribution in [2.24, 2.45) is 0 Å². The Morgan fingerprint density at radius 2 is 1.79 bits per heavy atom. The van der Waals surface area contributed by atoms with E-state index in [2.05, 4.69) is 20.2 Å². The highest BCUT2D eigenvalue weighted by Crippen LogP contribution is 2.34. The first-order chi connectivity index (χ1) is 11.5. The Bertz CT molecular complexity index is 999. The first-order valence-electron chi connectivity index (χ1n) is 7.22. The minimum atomic E-state index is -3.60. The monoisotopic (exact) mass is 360 g/mol. The van der Waals surface area contributed by atoms with Crippen LogP contribution in [0.15, 0.2) is 59.6 Å². The van der Waals surface area contributed by atoms with Gasteiger partial charge in [-0.15, -0.1) is 0 Å². The van der Waals surface area contributed by atoms with Gasteiger partial charge in [-0.1, -0.05) is 35.9 Å². The molecular weight excluding hydrogens is 348 g/mol. The normalized spacial score (nSPS) is 18.6. The van der Waals surface area contributed by atoms with Crippen LogP contribution in [0.4, 0.5) is 5.69 Å². The molecule has 6 nitrogen and oxygen atoms in total. The quantitative estimate of drug-likeness (QED) is 0.655. The summed E-state index contributed by atoms with van der Waals surface area (Å²) in [5, 5.41) is 10.8. The molecule has 4 rings (SSSR count). The van der Waals surface area contributed by atoms with Crippen molar-refractivity contribution in [2.45, 2.75) is 11.1 Å². The number of H-pyrrole nitrogens is 1. The molecule has 1 aromatic heterocycles. The third-order valence-corrected chi connectivity index (χ3v) is 5.59. The molecule has 3 aromatic rings. The summed E-state index contributed by atoms with van der Waals surface area (Å²) in [6, 6.07) is 14.0. The zero-order valence-electron chi connectivity index (χ0n) is 12.3. The first kappa shape index (κ1) is 15.2. The number of hydrogen-bond donors (Lipinski definition) is 3. The van der Waals surface area contributed by atoms with E-state index in [1.807, 2.05) is 12.1 Å². The molecule has 1 aliphatic rings. The molecule has 0 saturated carbocycles. The van der Waals surface area contributed by atoms with E-state index in [1.165, 1.54) is 0 Å². The number of rotatable bonds is 2. The summed E-state index contributed by atoms with van der Waals surface area (Å²) in [4.78, 5) is 0.234. The predicted molar refractivity (Wildman–Crippen MR) is 92.2 cm³/mol. The highest BCUT2D eigenvalue weighted by Gasteiger charge is 2.31. The maximum Gasteiger partial charge on any atom is 0.244 e. The van der Waals surface area contributed by atoms with E-state index in [0.29, 0.717) is 16.3 Å². The molecular formula is C16H13ClN4O2S. The van der Waals surface area contributed by atoms with Gasteiger partial charge in [-0.05, 0) is 24.3 Å². The summed E-state index contributed by atoms with van der Waals surface area (Å²) in [5.74, 6) is 0. The SMILES string of the molecule is O=S1(=O)NC(c2cn[nH]c2-c2ccc(Cl)cc2)Nc2ccccc21. The van der Waals surface area contributed by atoms with Gasteiger partial charge in [0.25, 0.3) is 0 Å². The molecule has 3 N–H and O–H groups in total. The zero-order valence-corrected chi connectivity index (χ0v) is 13.9. The smallest absolute Gasteiger partial charge is 0.244 e. The van der Waals surface area contributed by atoms with Crippen LogP contribution in [0.2, 0.25) is 5.02 Å². The van der Waals surface area contributed by atoms with Crippen LogP contribution in [0, 0.1) is 0 Å². The van der Waals surface area contributed by atoms with Gasteiger partial charge in [0.15, 0.2) is 0 Å². The number of sulfonamides is 1. The van der Waals surface area contributed by atoms with Crippen LogP contribution in [0.1, 0.15) is 11.7 Å². The van der Waals surface area contributed by atoms with E-state index < -0.39 is 16.2 Å². The Morgan fingerprint density at radius 1 is 1.04 bits per heavy atom. The maximum atomic E-state index is 12.5. The third kappa shape index (κ3) is 2.56.